The number of ether oxygens (including phenoxy) is 2. The molecule has 224 valence electrons. The van der Waals surface area contributed by atoms with E-state index in [1.807, 2.05) is 59.5 Å². The third-order valence-electron chi connectivity index (χ3n) is 6.67. The van der Waals surface area contributed by atoms with E-state index in [0.717, 1.165) is 55.0 Å². The van der Waals surface area contributed by atoms with Gasteiger partial charge in [0.15, 0.2) is 0 Å². The van der Waals surface area contributed by atoms with Crippen molar-refractivity contribution in [3.05, 3.63) is 71.8 Å². The Balaban J connectivity index is 1.80. The zero-order valence-corrected chi connectivity index (χ0v) is 24.8. The molecule has 0 aliphatic heterocycles. The average Bonchev–Trinajstić information content (AvgIpc) is 3.01. The van der Waals surface area contributed by atoms with Crippen LogP contribution >= 0.6 is 0 Å². The molecule has 0 aliphatic rings. The van der Waals surface area contributed by atoms with E-state index in [-0.39, 0.29) is 11.8 Å². The molecule has 4 N–H and O–H groups in total. The van der Waals surface area contributed by atoms with Crippen LogP contribution in [0.25, 0.3) is 12.2 Å². The van der Waals surface area contributed by atoms with Gasteiger partial charge in [-0.1, -0.05) is 56.4 Å². The minimum absolute atomic E-state index is 0.0613. The van der Waals surface area contributed by atoms with Gasteiger partial charge in [-0.25, -0.2) is 0 Å². The maximum Gasteiger partial charge on any atom is 0.246 e. The van der Waals surface area contributed by atoms with E-state index in [1.54, 1.807) is 26.4 Å². The van der Waals surface area contributed by atoms with Crippen LogP contribution in [0.5, 0.6) is 11.5 Å². The van der Waals surface area contributed by atoms with Gasteiger partial charge in [0.05, 0.1) is 14.2 Å². The van der Waals surface area contributed by atoms with Crippen molar-refractivity contribution in [3.8, 4) is 11.5 Å². The Kier molecular flexibility index (Phi) is 17.3. The predicted molar refractivity (Wildman–Crippen MR) is 168 cm³/mol. The molecule has 2 amide bonds. The van der Waals surface area contributed by atoms with Crippen molar-refractivity contribution >= 4 is 24.0 Å². The first-order valence-corrected chi connectivity index (χ1v) is 14.7. The quantitative estimate of drug-likeness (QED) is 0.151. The number of carbonyl (C=O) groups excluding carboxylic acids is 2. The molecule has 0 bridgehead atoms. The van der Waals surface area contributed by atoms with Gasteiger partial charge in [-0.2, -0.15) is 0 Å². The number of carbonyl (C=O) groups is 2. The fraction of sp³-hybridized carbons (Fsp3) is 0.455. The summed E-state index contributed by atoms with van der Waals surface area (Å²) in [7, 11) is 3.25. The van der Waals surface area contributed by atoms with Crippen LogP contribution in [0.1, 0.15) is 56.1 Å². The molecule has 41 heavy (non-hydrogen) atoms. The molecule has 2 rings (SSSR count). The summed E-state index contributed by atoms with van der Waals surface area (Å²) in [5.74, 6) is 1.29. The highest BCUT2D eigenvalue weighted by Gasteiger charge is 2.11. The van der Waals surface area contributed by atoms with Crippen LogP contribution in [0.2, 0.25) is 0 Å². The molecular weight excluding hydrogens is 516 g/mol. The van der Waals surface area contributed by atoms with E-state index in [0.29, 0.717) is 26.2 Å². The van der Waals surface area contributed by atoms with Gasteiger partial charge >= 0.3 is 0 Å². The standard InChI is InChI=1S/C33H48N4O4/c1-40-30-16-10-28(11-17-30)14-20-32(38)36-25-27-37(26-9-7-5-3-4-6-8-23-35-24-22-34)33(39)21-15-29-12-18-31(41-2)19-13-29/h10-21,35H,3-9,22-27,34H2,1-2H3,(H,36,38)/b20-14+,21-15+. The van der Waals surface area contributed by atoms with Gasteiger partial charge in [0.2, 0.25) is 11.8 Å². The number of nitrogens with one attached hydrogen (secondary N) is 2. The van der Waals surface area contributed by atoms with E-state index in [1.165, 1.54) is 31.8 Å². The minimum Gasteiger partial charge on any atom is -0.497 e. The fourth-order valence-electron chi connectivity index (χ4n) is 4.24. The highest BCUT2D eigenvalue weighted by atomic mass is 16.5. The summed E-state index contributed by atoms with van der Waals surface area (Å²) < 4.78 is 10.4. The molecule has 8 nitrogen and oxygen atoms in total. The van der Waals surface area contributed by atoms with Crippen LogP contribution in [-0.2, 0) is 9.59 Å². The van der Waals surface area contributed by atoms with Crippen molar-refractivity contribution in [1.82, 2.24) is 15.5 Å². The normalized spacial score (nSPS) is 11.2. The van der Waals surface area contributed by atoms with E-state index in [2.05, 4.69) is 10.6 Å². The van der Waals surface area contributed by atoms with Gasteiger partial charge in [0.1, 0.15) is 11.5 Å². The molecule has 0 aliphatic carbocycles. The van der Waals surface area contributed by atoms with Crippen LogP contribution in [0.15, 0.2) is 60.7 Å². The Labute approximate surface area is 246 Å². The van der Waals surface area contributed by atoms with Crippen molar-refractivity contribution in [2.24, 2.45) is 5.73 Å². The fourth-order valence-corrected chi connectivity index (χ4v) is 4.24. The number of unbranched alkanes of at least 4 members (excludes halogenated alkanes) is 6. The maximum atomic E-state index is 13.1. The Morgan fingerprint density at radius 1 is 0.707 bits per heavy atom. The molecule has 0 spiro atoms. The maximum absolute atomic E-state index is 13.1. The number of hydrogen-bond donors (Lipinski definition) is 3. The number of nitrogens with two attached hydrogens (primary N) is 1. The summed E-state index contributed by atoms with van der Waals surface area (Å²) in [5.41, 5.74) is 7.32. The summed E-state index contributed by atoms with van der Waals surface area (Å²) in [5, 5.41) is 6.23. The lowest BCUT2D eigenvalue weighted by Crippen LogP contribution is -2.38. The number of hydrogen-bond acceptors (Lipinski definition) is 6. The summed E-state index contributed by atoms with van der Waals surface area (Å²) in [6.45, 7) is 4.09. The van der Waals surface area contributed by atoms with Crippen molar-refractivity contribution in [2.75, 3.05) is 53.5 Å². The smallest absolute Gasteiger partial charge is 0.246 e. The molecule has 0 unspecified atom stereocenters. The van der Waals surface area contributed by atoms with Crippen LogP contribution in [-0.4, -0.2) is 70.2 Å². The Hall–Kier alpha value is -3.62. The molecule has 8 heteroatoms. The highest BCUT2D eigenvalue weighted by Crippen LogP contribution is 2.14. The van der Waals surface area contributed by atoms with E-state index < -0.39 is 0 Å². The summed E-state index contributed by atoms with van der Waals surface area (Å²) in [6.07, 6.45) is 14.7. The summed E-state index contributed by atoms with van der Waals surface area (Å²) in [4.78, 5) is 27.2. The number of amides is 2. The minimum atomic E-state index is -0.194. The third-order valence-corrected chi connectivity index (χ3v) is 6.67. The Morgan fingerprint density at radius 3 is 1.80 bits per heavy atom. The monoisotopic (exact) mass is 564 g/mol. The lowest BCUT2D eigenvalue weighted by molar-refractivity contribution is -0.126. The second-order valence-corrected chi connectivity index (χ2v) is 9.84. The van der Waals surface area contributed by atoms with E-state index in [9.17, 15) is 9.59 Å². The zero-order chi connectivity index (χ0) is 29.5. The molecular formula is C33H48N4O4. The average molecular weight is 565 g/mol. The topological polar surface area (TPSA) is 106 Å². The molecule has 2 aromatic rings. The molecule has 2 aromatic carbocycles. The van der Waals surface area contributed by atoms with Gasteiger partial charge < -0.3 is 30.7 Å². The molecule has 0 fully saturated rings. The van der Waals surface area contributed by atoms with Crippen LogP contribution in [0.3, 0.4) is 0 Å². The van der Waals surface area contributed by atoms with Crippen LogP contribution in [0.4, 0.5) is 0 Å². The molecule has 0 aromatic heterocycles. The second-order valence-electron chi connectivity index (χ2n) is 9.84. The SMILES string of the molecule is COc1ccc(/C=C/C(=O)NCCN(CCCCCCCCCNCCN)C(=O)/C=C/c2ccc(OC)cc2)cc1. The van der Waals surface area contributed by atoms with Gasteiger partial charge in [-0.15, -0.1) is 0 Å². The highest BCUT2D eigenvalue weighted by molar-refractivity contribution is 5.92. The first kappa shape index (κ1) is 33.6. The lowest BCUT2D eigenvalue weighted by atomic mass is 10.1. The third kappa shape index (κ3) is 15.1. The van der Waals surface area contributed by atoms with Crippen molar-refractivity contribution in [1.29, 1.82) is 0 Å². The van der Waals surface area contributed by atoms with Gasteiger partial charge in [-0.05, 0) is 66.9 Å². The van der Waals surface area contributed by atoms with Gasteiger partial charge in [-0.3, -0.25) is 9.59 Å². The second kappa shape index (κ2) is 21.2. The molecule has 0 atom stereocenters. The van der Waals surface area contributed by atoms with Crippen molar-refractivity contribution in [3.63, 3.8) is 0 Å². The molecule has 0 radical (unpaired) electrons. The number of benzene rings is 2. The number of nitrogens with zero attached hydrogens (tertiary/aromatic N) is 1. The van der Waals surface area contributed by atoms with Crippen molar-refractivity contribution < 1.29 is 19.1 Å². The van der Waals surface area contributed by atoms with Gasteiger partial charge in [0.25, 0.3) is 0 Å². The van der Waals surface area contributed by atoms with Crippen molar-refractivity contribution in [2.45, 2.75) is 44.9 Å². The Bertz CT molecular complexity index is 1050. The molecule has 0 saturated carbocycles. The van der Waals surface area contributed by atoms with Gasteiger partial charge in [0, 0.05) is 44.9 Å². The first-order valence-electron chi connectivity index (χ1n) is 14.7. The summed E-state index contributed by atoms with van der Waals surface area (Å²) >= 11 is 0. The Morgan fingerprint density at radius 2 is 1.24 bits per heavy atom. The van der Waals surface area contributed by atoms with Crippen LogP contribution < -0.4 is 25.8 Å². The number of methoxy groups -OCH3 is 2. The largest absolute Gasteiger partial charge is 0.497 e. The molecule has 0 saturated heterocycles. The number of rotatable bonds is 21. The lowest BCUT2D eigenvalue weighted by Gasteiger charge is -2.21. The van der Waals surface area contributed by atoms with Crippen LogP contribution in [0, 0.1) is 0 Å². The summed E-state index contributed by atoms with van der Waals surface area (Å²) in [6, 6.07) is 15.0. The van der Waals surface area contributed by atoms with E-state index >= 15 is 0 Å². The predicted octanol–water partition coefficient (Wildman–Crippen LogP) is 4.65. The zero-order valence-electron chi connectivity index (χ0n) is 24.8. The first-order chi connectivity index (χ1) is 20.0. The molecule has 0 heterocycles. The van der Waals surface area contributed by atoms with E-state index in [4.69, 9.17) is 15.2 Å².